The third-order valence-corrected chi connectivity index (χ3v) is 3.32. The number of carbonyl (C=O) groups is 1. The van der Waals surface area contributed by atoms with E-state index in [0.717, 1.165) is 25.9 Å². The minimum Gasteiger partial charge on any atom is -0.335 e. The minimum atomic E-state index is -0.661. The maximum absolute atomic E-state index is 11.6. The van der Waals surface area contributed by atoms with Crippen molar-refractivity contribution in [2.75, 3.05) is 20.1 Å². The van der Waals surface area contributed by atoms with Crippen LogP contribution in [-0.4, -0.2) is 42.6 Å². The first-order valence-electron chi connectivity index (χ1n) is 5.82. The van der Waals surface area contributed by atoms with Crippen molar-refractivity contribution < 1.29 is 4.79 Å². The number of hydrogen-bond acceptors (Lipinski definition) is 3. The first kappa shape index (κ1) is 11.2. The number of nitrogens with one attached hydrogen (secondary N) is 2. The lowest BCUT2D eigenvalue weighted by atomic mass is 9.89. The van der Waals surface area contributed by atoms with Gasteiger partial charge >= 0.3 is 6.03 Å². The van der Waals surface area contributed by atoms with Gasteiger partial charge in [0.15, 0.2) is 0 Å². The van der Waals surface area contributed by atoms with Crippen molar-refractivity contribution in [3.8, 4) is 6.07 Å². The molecule has 2 rings (SSSR count). The average molecular weight is 222 g/mol. The fraction of sp³-hybridized carbons (Fsp3) is 0.818. The highest BCUT2D eigenvalue weighted by Crippen LogP contribution is 2.22. The van der Waals surface area contributed by atoms with E-state index >= 15 is 0 Å². The van der Waals surface area contributed by atoms with E-state index < -0.39 is 5.54 Å². The summed E-state index contributed by atoms with van der Waals surface area (Å²) < 4.78 is 0. The van der Waals surface area contributed by atoms with Gasteiger partial charge in [-0.15, -0.1) is 0 Å². The number of piperidine rings is 1. The Morgan fingerprint density at radius 1 is 1.44 bits per heavy atom. The lowest BCUT2D eigenvalue weighted by Gasteiger charge is -2.35. The number of amides is 2. The van der Waals surface area contributed by atoms with Crippen molar-refractivity contribution in [2.45, 2.75) is 37.3 Å². The number of likely N-dealkylation sites (tertiary alicyclic amines) is 1. The average Bonchev–Trinajstić information content (AvgIpc) is 3.06. The van der Waals surface area contributed by atoms with Crippen LogP contribution < -0.4 is 10.6 Å². The molecule has 2 aliphatic rings. The van der Waals surface area contributed by atoms with Gasteiger partial charge in [-0.25, -0.2) is 4.79 Å². The smallest absolute Gasteiger partial charge is 0.316 e. The van der Waals surface area contributed by atoms with Crippen LogP contribution >= 0.6 is 0 Å². The van der Waals surface area contributed by atoms with E-state index in [1.54, 1.807) is 0 Å². The van der Waals surface area contributed by atoms with Gasteiger partial charge in [0.05, 0.1) is 6.07 Å². The SMILES string of the molecule is CN1CCC(C#N)(NC(=O)NC2CC2)CC1. The molecule has 0 radical (unpaired) electrons. The standard InChI is InChI=1S/C11H18N4O/c1-15-6-4-11(8-12,5-7-15)14-10(16)13-9-2-3-9/h9H,2-7H2,1H3,(H2,13,14,16). The lowest BCUT2D eigenvalue weighted by Crippen LogP contribution is -2.56. The van der Waals surface area contributed by atoms with Gasteiger partial charge in [-0.2, -0.15) is 5.26 Å². The fourth-order valence-corrected chi connectivity index (χ4v) is 1.93. The summed E-state index contributed by atoms with van der Waals surface area (Å²) in [7, 11) is 2.03. The van der Waals surface area contributed by atoms with Gasteiger partial charge < -0.3 is 15.5 Å². The van der Waals surface area contributed by atoms with Gasteiger partial charge in [-0.05, 0) is 32.7 Å². The zero-order valence-corrected chi connectivity index (χ0v) is 9.62. The molecule has 0 spiro atoms. The highest BCUT2D eigenvalue weighted by molar-refractivity contribution is 5.76. The Morgan fingerprint density at radius 2 is 2.06 bits per heavy atom. The van der Waals surface area contributed by atoms with Crippen LogP contribution in [-0.2, 0) is 0 Å². The van der Waals surface area contributed by atoms with Gasteiger partial charge in [0, 0.05) is 19.1 Å². The molecule has 5 heteroatoms. The molecule has 1 aliphatic carbocycles. The van der Waals surface area contributed by atoms with Crippen LogP contribution in [0.1, 0.15) is 25.7 Å². The highest BCUT2D eigenvalue weighted by Gasteiger charge is 2.36. The van der Waals surface area contributed by atoms with E-state index in [4.69, 9.17) is 0 Å². The summed E-state index contributed by atoms with van der Waals surface area (Å²) in [6.45, 7) is 1.72. The molecule has 2 fully saturated rings. The molecule has 1 heterocycles. The second-order valence-corrected chi connectivity index (χ2v) is 4.87. The van der Waals surface area contributed by atoms with Crippen molar-refractivity contribution in [2.24, 2.45) is 0 Å². The number of nitrogens with zero attached hydrogens (tertiary/aromatic N) is 2. The predicted octanol–water partition coefficient (Wildman–Crippen LogP) is 0.436. The van der Waals surface area contributed by atoms with Crippen molar-refractivity contribution in [3.05, 3.63) is 0 Å². The lowest BCUT2D eigenvalue weighted by molar-refractivity contribution is 0.187. The largest absolute Gasteiger partial charge is 0.335 e. The topological polar surface area (TPSA) is 68.2 Å². The number of rotatable bonds is 2. The zero-order chi connectivity index (χ0) is 11.6. The van der Waals surface area contributed by atoms with Crippen LogP contribution in [0.25, 0.3) is 0 Å². The maximum atomic E-state index is 11.6. The molecule has 1 aliphatic heterocycles. The Labute approximate surface area is 95.8 Å². The van der Waals surface area contributed by atoms with Gasteiger partial charge in [0.1, 0.15) is 5.54 Å². The Bertz CT molecular complexity index is 310. The van der Waals surface area contributed by atoms with Gasteiger partial charge in [-0.3, -0.25) is 0 Å². The van der Waals surface area contributed by atoms with Crippen LogP contribution in [0.4, 0.5) is 4.79 Å². The second-order valence-electron chi connectivity index (χ2n) is 4.87. The Kier molecular flexibility index (Phi) is 3.01. The van der Waals surface area contributed by atoms with Crippen LogP contribution in [0, 0.1) is 11.3 Å². The van der Waals surface area contributed by atoms with E-state index in [-0.39, 0.29) is 6.03 Å². The molecular formula is C11H18N4O. The molecule has 16 heavy (non-hydrogen) atoms. The van der Waals surface area contributed by atoms with E-state index in [2.05, 4.69) is 21.6 Å². The maximum Gasteiger partial charge on any atom is 0.316 e. The van der Waals surface area contributed by atoms with Crippen LogP contribution in [0.15, 0.2) is 0 Å². The van der Waals surface area contributed by atoms with E-state index in [9.17, 15) is 10.1 Å². The monoisotopic (exact) mass is 222 g/mol. The van der Waals surface area contributed by atoms with Gasteiger partial charge in [-0.1, -0.05) is 0 Å². The molecule has 5 nitrogen and oxygen atoms in total. The Morgan fingerprint density at radius 3 is 2.56 bits per heavy atom. The Balaban J connectivity index is 1.88. The molecule has 0 bridgehead atoms. The van der Waals surface area contributed by atoms with E-state index in [0.29, 0.717) is 18.9 Å². The normalized spacial score (nSPS) is 24.5. The van der Waals surface area contributed by atoms with Gasteiger partial charge in [0.25, 0.3) is 0 Å². The summed E-state index contributed by atoms with van der Waals surface area (Å²) in [6.07, 6.45) is 3.54. The Hall–Kier alpha value is -1.28. The third-order valence-electron chi connectivity index (χ3n) is 3.32. The molecule has 2 amide bonds. The van der Waals surface area contributed by atoms with E-state index in [1.807, 2.05) is 7.05 Å². The highest BCUT2D eigenvalue weighted by atomic mass is 16.2. The molecule has 2 N–H and O–H groups in total. The molecule has 0 aromatic heterocycles. The molecule has 1 saturated heterocycles. The summed E-state index contributed by atoms with van der Waals surface area (Å²) in [6, 6.07) is 2.41. The zero-order valence-electron chi connectivity index (χ0n) is 9.62. The molecular weight excluding hydrogens is 204 g/mol. The quantitative estimate of drug-likeness (QED) is 0.712. The summed E-state index contributed by atoms with van der Waals surface area (Å²) >= 11 is 0. The first-order valence-corrected chi connectivity index (χ1v) is 5.82. The second kappa shape index (κ2) is 4.30. The van der Waals surface area contributed by atoms with Crippen molar-refractivity contribution in [3.63, 3.8) is 0 Å². The molecule has 0 aromatic carbocycles. The number of nitriles is 1. The molecule has 0 aromatic rings. The minimum absolute atomic E-state index is 0.186. The molecule has 1 saturated carbocycles. The van der Waals surface area contributed by atoms with E-state index in [1.165, 1.54) is 0 Å². The van der Waals surface area contributed by atoms with Crippen LogP contribution in [0.3, 0.4) is 0 Å². The summed E-state index contributed by atoms with van der Waals surface area (Å²) in [5.74, 6) is 0. The van der Waals surface area contributed by atoms with Gasteiger partial charge in [0.2, 0.25) is 0 Å². The van der Waals surface area contributed by atoms with Crippen molar-refractivity contribution in [1.82, 2.24) is 15.5 Å². The predicted molar refractivity (Wildman–Crippen MR) is 59.8 cm³/mol. The van der Waals surface area contributed by atoms with Crippen LogP contribution in [0.5, 0.6) is 0 Å². The third kappa shape index (κ3) is 2.64. The fourth-order valence-electron chi connectivity index (χ4n) is 1.93. The number of carbonyl (C=O) groups excluding carboxylic acids is 1. The summed E-state index contributed by atoms with van der Waals surface area (Å²) in [5.41, 5.74) is -0.661. The molecule has 0 atom stereocenters. The molecule has 88 valence electrons. The number of urea groups is 1. The first-order chi connectivity index (χ1) is 7.63. The van der Waals surface area contributed by atoms with Crippen LogP contribution in [0.2, 0.25) is 0 Å². The number of hydrogen-bond donors (Lipinski definition) is 2. The summed E-state index contributed by atoms with van der Waals surface area (Å²) in [4.78, 5) is 13.8. The van der Waals surface area contributed by atoms with Crippen molar-refractivity contribution >= 4 is 6.03 Å². The molecule has 0 unspecified atom stereocenters. The summed E-state index contributed by atoms with van der Waals surface area (Å²) in [5, 5.41) is 14.9. The van der Waals surface area contributed by atoms with Crippen molar-refractivity contribution in [1.29, 1.82) is 5.26 Å².